The first-order valence-corrected chi connectivity index (χ1v) is 8.20. The van der Waals surface area contributed by atoms with Crippen LogP contribution >= 0.6 is 0 Å². The van der Waals surface area contributed by atoms with Crippen molar-refractivity contribution in [3.8, 4) is 0 Å². The zero-order chi connectivity index (χ0) is 13.6. The Kier molecular flexibility index (Phi) is 3.63. The van der Waals surface area contributed by atoms with Crippen LogP contribution in [0.1, 0.15) is 86.5 Å². The second kappa shape index (κ2) is 4.53. The molecule has 2 atom stereocenters. The highest BCUT2D eigenvalue weighted by Gasteiger charge is 2.57. The summed E-state index contributed by atoms with van der Waals surface area (Å²) in [5, 5.41) is 0. The van der Waals surface area contributed by atoms with Gasteiger partial charge in [0.05, 0.1) is 0 Å². The van der Waals surface area contributed by atoms with Gasteiger partial charge in [-0.05, 0) is 40.9 Å². The smallest absolute Gasteiger partial charge is 0.0169 e. The molecule has 0 heteroatoms. The molecule has 0 N–H and O–H groups in total. The third-order valence-electron chi connectivity index (χ3n) is 6.36. The summed E-state index contributed by atoms with van der Waals surface area (Å²) in [5.41, 5.74) is 1.42. The van der Waals surface area contributed by atoms with E-state index in [0.717, 1.165) is 11.8 Å². The van der Waals surface area contributed by atoms with Crippen molar-refractivity contribution in [2.24, 2.45) is 28.1 Å². The molecular weight excluding hydrogens is 216 g/mol. The summed E-state index contributed by atoms with van der Waals surface area (Å²) in [5.74, 6) is 2.02. The summed E-state index contributed by atoms with van der Waals surface area (Å²) in [4.78, 5) is 0. The highest BCUT2D eigenvalue weighted by molar-refractivity contribution is 5.06. The lowest BCUT2D eigenvalue weighted by atomic mass is 9.41. The van der Waals surface area contributed by atoms with Gasteiger partial charge in [-0.3, -0.25) is 0 Å². The lowest BCUT2D eigenvalue weighted by Crippen LogP contribution is -2.56. The van der Waals surface area contributed by atoms with E-state index < -0.39 is 0 Å². The molecule has 0 aromatic heterocycles. The first kappa shape index (κ1) is 14.4. The van der Waals surface area contributed by atoms with E-state index in [0.29, 0.717) is 16.2 Å². The van der Waals surface area contributed by atoms with Gasteiger partial charge in [-0.2, -0.15) is 0 Å². The molecule has 0 aromatic carbocycles. The van der Waals surface area contributed by atoms with E-state index in [2.05, 4.69) is 41.5 Å². The van der Waals surface area contributed by atoms with Crippen LogP contribution in [0.25, 0.3) is 0 Å². The Bertz CT molecular complexity index is 270. The molecule has 0 saturated heterocycles. The molecule has 0 heterocycles. The average molecular weight is 250 g/mol. The van der Waals surface area contributed by atoms with Crippen molar-refractivity contribution >= 4 is 0 Å². The van der Waals surface area contributed by atoms with E-state index in [4.69, 9.17) is 0 Å². The maximum absolute atomic E-state index is 2.51. The van der Waals surface area contributed by atoms with E-state index in [1.807, 2.05) is 0 Å². The van der Waals surface area contributed by atoms with Crippen LogP contribution in [0, 0.1) is 28.1 Å². The van der Waals surface area contributed by atoms with Crippen LogP contribution in [0.2, 0.25) is 0 Å². The van der Waals surface area contributed by atoms with E-state index in [-0.39, 0.29) is 0 Å². The monoisotopic (exact) mass is 250 g/mol. The molecule has 0 aromatic rings. The van der Waals surface area contributed by atoms with Crippen LogP contribution in [0.3, 0.4) is 0 Å². The lowest BCUT2D eigenvalue weighted by molar-refractivity contribution is -0.144. The average Bonchev–Trinajstić information content (AvgIpc) is 2.25. The molecule has 2 aliphatic carbocycles. The first-order chi connectivity index (χ1) is 8.20. The fraction of sp³-hybridized carbons (Fsp3) is 1.00. The third kappa shape index (κ3) is 2.04. The van der Waals surface area contributed by atoms with E-state index in [1.54, 1.807) is 0 Å². The van der Waals surface area contributed by atoms with Gasteiger partial charge < -0.3 is 0 Å². The van der Waals surface area contributed by atoms with Crippen LogP contribution in [0.5, 0.6) is 0 Å². The summed E-state index contributed by atoms with van der Waals surface area (Å²) in [6.45, 7) is 15.1. The molecule has 106 valence electrons. The lowest BCUT2D eigenvalue weighted by Gasteiger charge is -2.63. The number of fused-ring (bicyclic) bond motifs is 1. The first-order valence-electron chi connectivity index (χ1n) is 8.20. The molecule has 0 nitrogen and oxygen atoms in total. The van der Waals surface area contributed by atoms with E-state index in [9.17, 15) is 0 Å². The Hall–Kier alpha value is 0. The van der Waals surface area contributed by atoms with Gasteiger partial charge in [0.25, 0.3) is 0 Å². The predicted molar refractivity (Wildman–Crippen MR) is 80.6 cm³/mol. The Morgan fingerprint density at radius 1 is 0.722 bits per heavy atom. The predicted octanol–water partition coefficient (Wildman–Crippen LogP) is 6.06. The van der Waals surface area contributed by atoms with Crippen LogP contribution in [-0.4, -0.2) is 0 Å². The van der Waals surface area contributed by atoms with Gasteiger partial charge in [0.1, 0.15) is 0 Å². The zero-order valence-electron chi connectivity index (χ0n) is 13.6. The SMILES string of the molecule is CC(C)(C)C1(C(C)(C)C)CCCC2CCCCC21. The van der Waals surface area contributed by atoms with Gasteiger partial charge in [0.15, 0.2) is 0 Å². The number of rotatable bonds is 0. The fourth-order valence-corrected chi connectivity index (χ4v) is 6.02. The van der Waals surface area contributed by atoms with Crippen molar-refractivity contribution in [1.82, 2.24) is 0 Å². The minimum absolute atomic E-state index is 0.436. The highest BCUT2D eigenvalue weighted by Crippen LogP contribution is 2.65. The molecule has 2 saturated carbocycles. The maximum atomic E-state index is 2.51. The van der Waals surface area contributed by atoms with Gasteiger partial charge in [0.2, 0.25) is 0 Å². The van der Waals surface area contributed by atoms with E-state index >= 15 is 0 Å². The highest BCUT2D eigenvalue weighted by atomic mass is 14.6. The quantitative estimate of drug-likeness (QED) is 0.490. The van der Waals surface area contributed by atoms with Gasteiger partial charge in [-0.15, -0.1) is 0 Å². The topological polar surface area (TPSA) is 0 Å². The Morgan fingerprint density at radius 2 is 1.22 bits per heavy atom. The van der Waals surface area contributed by atoms with Crippen molar-refractivity contribution in [2.75, 3.05) is 0 Å². The molecule has 18 heavy (non-hydrogen) atoms. The second-order valence-corrected chi connectivity index (χ2v) is 9.01. The second-order valence-electron chi connectivity index (χ2n) is 9.01. The van der Waals surface area contributed by atoms with Gasteiger partial charge in [0, 0.05) is 0 Å². The van der Waals surface area contributed by atoms with Crippen LogP contribution in [0.15, 0.2) is 0 Å². The minimum Gasteiger partial charge on any atom is -0.0596 e. The Balaban J connectivity index is 2.44. The molecule has 0 aliphatic heterocycles. The number of hydrogen-bond acceptors (Lipinski definition) is 0. The van der Waals surface area contributed by atoms with E-state index in [1.165, 1.54) is 44.9 Å². The molecule has 2 unspecified atom stereocenters. The summed E-state index contributed by atoms with van der Waals surface area (Å²) < 4.78 is 0. The third-order valence-corrected chi connectivity index (χ3v) is 6.36. The summed E-state index contributed by atoms with van der Waals surface area (Å²) >= 11 is 0. The normalized spacial score (nSPS) is 33.0. The summed E-state index contributed by atoms with van der Waals surface area (Å²) in [7, 11) is 0. The zero-order valence-corrected chi connectivity index (χ0v) is 13.6. The van der Waals surface area contributed by atoms with Crippen molar-refractivity contribution < 1.29 is 0 Å². The molecule has 0 amide bonds. The van der Waals surface area contributed by atoms with Gasteiger partial charge in [-0.1, -0.05) is 73.6 Å². The standard InChI is InChI=1S/C18H34/c1-16(2,3)18(17(4,5)6)13-9-11-14-10-7-8-12-15(14)18/h14-15H,7-13H2,1-6H3. The molecule has 0 spiro atoms. The molecule has 0 bridgehead atoms. The van der Waals surface area contributed by atoms with Crippen LogP contribution in [0.4, 0.5) is 0 Å². The van der Waals surface area contributed by atoms with Crippen molar-refractivity contribution in [2.45, 2.75) is 86.5 Å². The van der Waals surface area contributed by atoms with Crippen molar-refractivity contribution in [1.29, 1.82) is 0 Å². The Labute approximate surface area is 115 Å². The molecule has 2 rings (SSSR count). The summed E-state index contributed by atoms with van der Waals surface area (Å²) in [6.07, 6.45) is 10.4. The Morgan fingerprint density at radius 3 is 1.78 bits per heavy atom. The van der Waals surface area contributed by atoms with Crippen molar-refractivity contribution in [3.05, 3.63) is 0 Å². The number of hydrogen-bond donors (Lipinski definition) is 0. The van der Waals surface area contributed by atoms with Crippen LogP contribution < -0.4 is 0 Å². The molecule has 0 radical (unpaired) electrons. The fourth-order valence-electron chi connectivity index (χ4n) is 6.02. The van der Waals surface area contributed by atoms with Gasteiger partial charge >= 0.3 is 0 Å². The summed E-state index contributed by atoms with van der Waals surface area (Å²) in [6, 6.07) is 0. The maximum Gasteiger partial charge on any atom is -0.0169 e. The van der Waals surface area contributed by atoms with Crippen molar-refractivity contribution in [3.63, 3.8) is 0 Å². The minimum atomic E-state index is 0.436. The van der Waals surface area contributed by atoms with Crippen LogP contribution in [-0.2, 0) is 0 Å². The largest absolute Gasteiger partial charge is 0.0596 e. The molecule has 2 aliphatic rings. The van der Waals surface area contributed by atoms with Gasteiger partial charge in [-0.25, -0.2) is 0 Å². The molecule has 2 fully saturated rings. The molecular formula is C18H34.